The molecule has 2 aliphatic rings. The summed E-state index contributed by atoms with van der Waals surface area (Å²) in [5.74, 6) is 1.73. The third-order valence-electron chi connectivity index (χ3n) is 4.65. The monoisotopic (exact) mass is 253 g/mol. The number of piperidine rings is 1. The van der Waals surface area contributed by atoms with Gasteiger partial charge in [0.25, 0.3) is 0 Å². The third-order valence-corrected chi connectivity index (χ3v) is 4.65. The lowest BCUT2D eigenvalue weighted by molar-refractivity contribution is 0.130. The van der Waals surface area contributed by atoms with Crippen LogP contribution in [-0.2, 0) is 0 Å². The van der Waals surface area contributed by atoms with Crippen molar-refractivity contribution < 1.29 is 0 Å². The molecule has 0 spiro atoms. The van der Waals surface area contributed by atoms with Crippen molar-refractivity contribution in [3.8, 4) is 0 Å². The first-order valence-corrected chi connectivity index (χ1v) is 7.83. The molecule has 0 bridgehead atoms. The van der Waals surface area contributed by atoms with Crippen molar-refractivity contribution in [3.05, 3.63) is 0 Å². The number of hydrogen-bond acceptors (Lipinski definition) is 3. The van der Waals surface area contributed by atoms with Crippen LogP contribution in [0.4, 0.5) is 0 Å². The van der Waals surface area contributed by atoms with Gasteiger partial charge in [-0.2, -0.15) is 0 Å². The van der Waals surface area contributed by atoms with Crippen LogP contribution in [0.15, 0.2) is 0 Å². The number of nitrogens with zero attached hydrogens (tertiary/aromatic N) is 2. The van der Waals surface area contributed by atoms with Crippen molar-refractivity contribution in [2.24, 2.45) is 11.8 Å². The molecular weight excluding hydrogens is 222 g/mol. The highest BCUT2D eigenvalue weighted by molar-refractivity contribution is 4.85. The average Bonchev–Trinajstić information content (AvgIpc) is 2.74. The van der Waals surface area contributed by atoms with Crippen LogP contribution in [-0.4, -0.2) is 62.2 Å². The van der Waals surface area contributed by atoms with Crippen LogP contribution in [0.1, 0.15) is 33.1 Å². The number of rotatable bonds is 5. The fraction of sp³-hybridized carbons (Fsp3) is 1.00. The van der Waals surface area contributed by atoms with Crippen molar-refractivity contribution >= 4 is 0 Å². The fourth-order valence-electron chi connectivity index (χ4n) is 3.57. The molecule has 0 amide bonds. The first-order valence-electron chi connectivity index (χ1n) is 7.83. The van der Waals surface area contributed by atoms with Crippen LogP contribution < -0.4 is 5.32 Å². The Labute approximate surface area is 113 Å². The van der Waals surface area contributed by atoms with E-state index in [9.17, 15) is 0 Å². The topological polar surface area (TPSA) is 18.5 Å². The van der Waals surface area contributed by atoms with E-state index in [-0.39, 0.29) is 0 Å². The smallest absolute Gasteiger partial charge is 0.0117 e. The highest BCUT2D eigenvalue weighted by Crippen LogP contribution is 2.21. The molecule has 2 aliphatic heterocycles. The Balaban J connectivity index is 1.70. The highest BCUT2D eigenvalue weighted by atomic mass is 15.2. The second kappa shape index (κ2) is 6.88. The third kappa shape index (κ3) is 3.94. The Morgan fingerprint density at radius 1 is 1.17 bits per heavy atom. The quantitative estimate of drug-likeness (QED) is 0.804. The van der Waals surface area contributed by atoms with Crippen molar-refractivity contribution in [1.29, 1.82) is 0 Å². The molecule has 0 aliphatic carbocycles. The van der Waals surface area contributed by atoms with Gasteiger partial charge in [0.05, 0.1) is 0 Å². The Hall–Kier alpha value is -0.120. The largest absolute Gasteiger partial charge is 0.314 e. The number of nitrogens with one attached hydrogen (secondary N) is 1. The predicted molar refractivity (Wildman–Crippen MR) is 77.9 cm³/mol. The van der Waals surface area contributed by atoms with Crippen molar-refractivity contribution in [2.75, 3.05) is 46.3 Å². The van der Waals surface area contributed by atoms with Gasteiger partial charge in [0.2, 0.25) is 0 Å². The summed E-state index contributed by atoms with van der Waals surface area (Å²) in [7, 11) is 2.25. The van der Waals surface area contributed by atoms with E-state index in [2.05, 4.69) is 36.0 Å². The average molecular weight is 253 g/mol. The zero-order valence-corrected chi connectivity index (χ0v) is 12.5. The van der Waals surface area contributed by atoms with E-state index in [1.54, 1.807) is 0 Å². The van der Waals surface area contributed by atoms with E-state index in [0.717, 1.165) is 17.9 Å². The van der Waals surface area contributed by atoms with Crippen LogP contribution in [0.25, 0.3) is 0 Å². The lowest BCUT2D eigenvalue weighted by atomic mass is 9.93. The Kier molecular flexibility index (Phi) is 5.46. The highest BCUT2D eigenvalue weighted by Gasteiger charge is 2.28. The SMILES string of the molecule is CCCNC1CCN(CC2CCN(C)C2)CC1C. The summed E-state index contributed by atoms with van der Waals surface area (Å²) >= 11 is 0. The molecule has 0 aromatic heterocycles. The molecule has 2 rings (SSSR count). The van der Waals surface area contributed by atoms with Gasteiger partial charge in [-0.25, -0.2) is 0 Å². The Morgan fingerprint density at radius 3 is 2.61 bits per heavy atom. The molecule has 3 atom stereocenters. The van der Waals surface area contributed by atoms with Gasteiger partial charge in [-0.15, -0.1) is 0 Å². The molecule has 2 saturated heterocycles. The molecule has 0 aromatic carbocycles. The molecule has 0 radical (unpaired) electrons. The van der Waals surface area contributed by atoms with E-state index >= 15 is 0 Å². The van der Waals surface area contributed by atoms with Crippen molar-refractivity contribution in [1.82, 2.24) is 15.1 Å². The molecule has 0 aromatic rings. The maximum atomic E-state index is 3.71. The summed E-state index contributed by atoms with van der Waals surface area (Å²) in [4.78, 5) is 5.18. The number of hydrogen-bond donors (Lipinski definition) is 1. The summed E-state index contributed by atoms with van der Waals surface area (Å²) in [5.41, 5.74) is 0. The summed E-state index contributed by atoms with van der Waals surface area (Å²) < 4.78 is 0. The number of likely N-dealkylation sites (tertiary alicyclic amines) is 2. The van der Waals surface area contributed by atoms with Crippen LogP contribution in [0.2, 0.25) is 0 Å². The molecule has 3 heteroatoms. The predicted octanol–water partition coefficient (Wildman–Crippen LogP) is 1.65. The lowest BCUT2D eigenvalue weighted by Crippen LogP contribution is -2.49. The van der Waals surface area contributed by atoms with Gasteiger partial charge in [0.1, 0.15) is 0 Å². The minimum absolute atomic E-state index is 0.757. The van der Waals surface area contributed by atoms with Gasteiger partial charge in [-0.05, 0) is 57.8 Å². The van der Waals surface area contributed by atoms with Crippen molar-refractivity contribution in [2.45, 2.75) is 39.2 Å². The van der Waals surface area contributed by atoms with Gasteiger partial charge in [-0.3, -0.25) is 0 Å². The molecule has 3 unspecified atom stereocenters. The lowest BCUT2D eigenvalue weighted by Gasteiger charge is -2.38. The van der Waals surface area contributed by atoms with Crippen LogP contribution in [0.5, 0.6) is 0 Å². The molecule has 2 heterocycles. The molecular formula is C15H31N3. The summed E-state index contributed by atoms with van der Waals surface area (Å²) in [6.07, 6.45) is 3.99. The zero-order valence-electron chi connectivity index (χ0n) is 12.5. The first-order chi connectivity index (χ1) is 8.69. The van der Waals surface area contributed by atoms with Crippen LogP contribution in [0.3, 0.4) is 0 Å². The Morgan fingerprint density at radius 2 is 2.00 bits per heavy atom. The molecule has 1 N–H and O–H groups in total. The first kappa shape index (κ1) is 14.3. The minimum atomic E-state index is 0.757. The normalized spacial score (nSPS) is 35.2. The molecule has 18 heavy (non-hydrogen) atoms. The summed E-state index contributed by atoms with van der Waals surface area (Å²) in [5, 5.41) is 3.71. The second-order valence-corrected chi connectivity index (χ2v) is 6.50. The minimum Gasteiger partial charge on any atom is -0.314 e. The van der Waals surface area contributed by atoms with E-state index in [4.69, 9.17) is 0 Å². The van der Waals surface area contributed by atoms with E-state index in [1.807, 2.05) is 0 Å². The van der Waals surface area contributed by atoms with Gasteiger partial charge >= 0.3 is 0 Å². The van der Waals surface area contributed by atoms with E-state index < -0.39 is 0 Å². The molecule has 0 saturated carbocycles. The standard InChI is InChI=1S/C15H31N3/c1-4-7-16-15-6-9-18(10-13(15)2)12-14-5-8-17(3)11-14/h13-16H,4-12H2,1-3H3. The Bertz CT molecular complexity index is 244. The van der Waals surface area contributed by atoms with Gasteiger partial charge in [0, 0.05) is 25.7 Å². The molecule has 3 nitrogen and oxygen atoms in total. The maximum Gasteiger partial charge on any atom is 0.0117 e. The second-order valence-electron chi connectivity index (χ2n) is 6.50. The molecule has 106 valence electrons. The van der Waals surface area contributed by atoms with Crippen LogP contribution >= 0.6 is 0 Å². The maximum absolute atomic E-state index is 3.71. The van der Waals surface area contributed by atoms with Gasteiger partial charge < -0.3 is 15.1 Å². The van der Waals surface area contributed by atoms with E-state index in [1.165, 1.54) is 58.5 Å². The summed E-state index contributed by atoms with van der Waals surface area (Å²) in [6, 6.07) is 0.757. The van der Waals surface area contributed by atoms with Gasteiger partial charge in [-0.1, -0.05) is 13.8 Å². The molecule has 2 fully saturated rings. The summed E-state index contributed by atoms with van der Waals surface area (Å²) in [6.45, 7) is 12.4. The van der Waals surface area contributed by atoms with Crippen molar-refractivity contribution in [3.63, 3.8) is 0 Å². The fourth-order valence-corrected chi connectivity index (χ4v) is 3.57. The van der Waals surface area contributed by atoms with Gasteiger partial charge in [0.15, 0.2) is 0 Å². The van der Waals surface area contributed by atoms with E-state index in [0.29, 0.717) is 0 Å². The zero-order chi connectivity index (χ0) is 13.0. The van der Waals surface area contributed by atoms with Crippen LogP contribution in [0, 0.1) is 11.8 Å².